The first-order chi connectivity index (χ1) is 26.0. The van der Waals surface area contributed by atoms with E-state index in [1.54, 1.807) is 5.57 Å². The first-order valence-electron chi connectivity index (χ1n) is 19.2. The Balaban J connectivity index is 1.09. The highest BCUT2D eigenvalue weighted by molar-refractivity contribution is 6.15. The molecule has 0 radical (unpaired) electrons. The maximum Gasteiger partial charge on any atom is 0.197 e. The second-order valence-electron chi connectivity index (χ2n) is 15.7. The smallest absolute Gasteiger partial charge is 0.197 e. The van der Waals surface area contributed by atoms with Crippen LogP contribution in [-0.4, -0.2) is 18.0 Å². The van der Waals surface area contributed by atoms with Gasteiger partial charge in [-0.1, -0.05) is 129 Å². The average molecular weight is 688 g/mol. The summed E-state index contributed by atoms with van der Waals surface area (Å²) in [6.07, 6.45) is 25.4. The monoisotopic (exact) mass is 687 g/mol. The van der Waals surface area contributed by atoms with Crippen molar-refractivity contribution in [2.75, 3.05) is 4.90 Å². The fraction of sp³-hybridized carbons (Fsp3) is 0.204. The van der Waals surface area contributed by atoms with Gasteiger partial charge in [0.2, 0.25) is 0 Å². The lowest BCUT2D eigenvalue weighted by atomic mass is 9.78. The van der Waals surface area contributed by atoms with Crippen molar-refractivity contribution in [3.8, 4) is 0 Å². The minimum Gasteiger partial charge on any atom is -0.455 e. The van der Waals surface area contributed by atoms with Gasteiger partial charge in [-0.2, -0.15) is 0 Å². The molecule has 0 bridgehead atoms. The molecule has 1 N–H and O–H groups in total. The molecule has 11 rings (SSSR count). The molecule has 6 aliphatic rings. The van der Waals surface area contributed by atoms with E-state index in [2.05, 4.69) is 158 Å². The Hall–Kier alpha value is -5.87. The highest BCUT2D eigenvalue weighted by Gasteiger charge is 2.46. The van der Waals surface area contributed by atoms with Gasteiger partial charge in [-0.3, -0.25) is 0 Å². The standard InChI is InChI=1S/C49H41N3O/c1-49(2)40-22-11-9-18-33(40)37-27-39-38-26-32(30-14-5-3-6-15-30)24-25-44(38)52(45(39)28-41(37)49)48-50-42(31-16-7-4-8-17-31)29-43(51-48)36-21-13-20-35-34-19-10-12-23-46(34)53-47(35)36/h4-5,7-10,12-21,23-29,38,44,48,51H,3,6,11,22H2,1-2H3. The molecule has 0 amide bonds. The van der Waals surface area contributed by atoms with Crippen molar-refractivity contribution < 1.29 is 4.42 Å². The molecule has 0 fully saturated rings. The molecule has 258 valence electrons. The molecule has 3 atom stereocenters. The number of rotatable bonds is 4. The molecule has 3 heterocycles. The highest BCUT2D eigenvalue weighted by Crippen LogP contribution is 2.55. The van der Waals surface area contributed by atoms with Crippen LogP contribution in [-0.2, 0) is 5.41 Å². The van der Waals surface area contributed by atoms with Crippen molar-refractivity contribution in [2.24, 2.45) is 4.99 Å². The van der Waals surface area contributed by atoms with E-state index in [1.165, 1.54) is 39.1 Å². The van der Waals surface area contributed by atoms with E-state index < -0.39 is 0 Å². The van der Waals surface area contributed by atoms with E-state index in [-0.39, 0.29) is 23.7 Å². The summed E-state index contributed by atoms with van der Waals surface area (Å²) in [6, 6.07) is 30.6. The molecule has 4 heteroatoms. The number of para-hydroxylation sites is 2. The molecule has 0 spiro atoms. The first-order valence-corrected chi connectivity index (χ1v) is 19.2. The zero-order valence-corrected chi connectivity index (χ0v) is 30.1. The molecule has 4 aromatic carbocycles. The Morgan fingerprint density at radius 1 is 0.811 bits per heavy atom. The molecule has 0 saturated heterocycles. The second-order valence-corrected chi connectivity index (χ2v) is 15.7. The summed E-state index contributed by atoms with van der Waals surface area (Å²) >= 11 is 0. The van der Waals surface area contributed by atoms with Gasteiger partial charge >= 0.3 is 0 Å². The fourth-order valence-electron chi connectivity index (χ4n) is 9.78. The van der Waals surface area contributed by atoms with Crippen LogP contribution in [0.4, 0.5) is 5.69 Å². The Labute approximate surface area is 310 Å². The SMILES string of the molecule is CC1(C)C2=C(C=CCC2)c2cc3c(cc21)N(C1N=C(c2ccccc2)C=C(c2cccc4c2oc2ccccc24)N1)C1C=CC(C2=CCCC=C2)=CC31. The van der Waals surface area contributed by atoms with Crippen LogP contribution in [0.25, 0.3) is 33.2 Å². The third-order valence-corrected chi connectivity index (χ3v) is 12.4. The van der Waals surface area contributed by atoms with E-state index >= 15 is 0 Å². The Kier molecular flexibility index (Phi) is 6.71. The molecule has 4 aliphatic carbocycles. The van der Waals surface area contributed by atoms with E-state index in [1.807, 2.05) is 6.07 Å². The number of fused-ring (bicyclic) bond motifs is 8. The topological polar surface area (TPSA) is 40.8 Å². The van der Waals surface area contributed by atoms with Gasteiger partial charge in [-0.15, -0.1) is 0 Å². The summed E-state index contributed by atoms with van der Waals surface area (Å²) in [7, 11) is 0. The van der Waals surface area contributed by atoms with E-state index in [4.69, 9.17) is 9.41 Å². The van der Waals surface area contributed by atoms with Gasteiger partial charge in [0.15, 0.2) is 6.29 Å². The van der Waals surface area contributed by atoms with Crippen molar-refractivity contribution in [1.29, 1.82) is 0 Å². The van der Waals surface area contributed by atoms with Crippen molar-refractivity contribution >= 4 is 44.6 Å². The zero-order chi connectivity index (χ0) is 35.3. The molecule has 5 aromatic rings. The average Bonchev–Trinajstić information content (AvgIpc) is 3.83. The summed E-state index contributed by atoms with van der Waals surface area (Å²) in [5.41, 5.74) is 17.0. The van der Waals surface area contributed by atoms with Gasteiger partial charge in [-0.25, -0.2) is 4.99 Å². The number of aliphatic imine (C=N–C) groups is 1. The van der Waals surface area contributed by atoms with Crippen LogP contribution in [0, 0.1) is 0 Å². The number of benzene rings is 4. The number of nitrogens with zero attached hydrogens (tertiary/aromatic N) is 2. The summed E-state index contributed by atoms with van der Waals surface area (Å²) in [4.78, 5) is 8.12. The minimum absolute atomic E-state index is 0.0289. The molecular formula is C49H41N3O. The Bertz CT molecular complexity index is 2640. The Morgan fingerprint density at radius 2 is 1.66 bits per heavy atom. The molecule has 0 saturated carbocycles. The predicted molar refractivity (Wildman–Crippen MR) is 219 cm³/mol. The van der Waals surface area contributed by atoms with Crippen LogP contribution in [0.3, 0.4) is 0 Å². The summed E-state index contributed by atoms with van der Waals surface area (Å²) in [5, 5.41) is 6.23. The lowest BCUT2D eigenvalue weighted by Crippen LogP contribution is -2.50. The normalized spacial score (nSPS) is 23.6. The van der Waals surface area contributed by atoms with Crippen LogP contribution < -0.4 is 10.2 Å². The molecule has 3 unspecified atom stereocenters. The summed E-state index contributed by atoms with van der Waals surface area (Å²) in [5.74, 6) is 0.192. The highest BCUT2D eigenvalue weighted by atomic mass is 16.3. The largest absolute Gasteiger partial charge is 0.455 e. The number of nitrogens with one attached hydrogen (secondary N) is 1. The van der Waals surface area contributed by atoms with Crippen LogP contribution in [0.15, 0.2) is 166 Å². The number of hydrogen-bond donors (Lipinski definition) is 1. The van der Waals surface area contributed by atoms with Crippen molar-refractivity contribution in [1.82, 2.24) is 5.32 Å². The minimum atomic E-state index is -0.350. The van der Waals surface area contributed by atoms with E-state index in [0.29, 0.717) is 0 Å². The van der Waals surface area contributed by atoms with Crippen LogP contribution in [0.2, 0.25) is 0 Å². The quantitative estimate of drug-likeness (QED) is 0.204. The zero-order valence-electron chi connectivity index (χ0n) is 30.1. The van der Waals surface area contributed by atoms with E-state index in [0.717, 1.165) is 70.2 Å². The lowest BCUT2D eigenvalue weighted by Gasteiger charge is -2.38. The maximum absolute atomic E-state index is 6.60. The summed E-state index contributed by atoms with van der Waals surface area (Å²) < 4.78 is 6.60. The van der Waals surface area contributed by atoms with Gasteiger partial charge in [0.1, 0.15) is 11.2 Å². The van der Waals surface area contributed by atoms with Crippen molar-refractivity contribution in [3.63, 3.8) is 0 Å². The molecule has 2 aliphatic heterocycles. The Morgan fingerprint density at radius 3 is 2.55 bits per heavy atom. The third-order valence-electron chi connectivity index (χ3n) is 12.4. The van der Waals surface area contributed by atoms with Crippen molar-refractivity contribution in [2.45, 2.75) is 63.2 Å². The lowest BCUT2D eigenvalue weighted by molar-refractivity contribution is 0.529. The fourth-order valence-corrected chi connectivity index (χ4v) is 9.78. The molecule has 4 nitrogen and oxygen atoms in total. The van der Waals surface area contributed by atoms with Crippen LogP contribution >= 0.6 is 0 Å². The maximum atomic E-state index is 6.60. The predicted octanol–water partition coefficient (Wildman–Crippen LogP) is 11.4. The van der Waals surface area contributed by atoms with Crippen LogP contribution in [0.5, 0.6) is 0 Å². The second kappa shape index (κ2) is 11.6. The number of anilines is 1. The number of hydrogen-bond acceptors (Lipinski definition) is 4. The van der Waals surface area contributed by atoms with Crippen LogP contribution in [0.1, 0.15) is 73.3 Å². The van der Waals surface area contributed by atoms with Gasteiger partial charge in [-0.05, 0) is 95.0 Å². The third kappa shape index (κ3) is 4.64. The first kappa shape index (κ1) is 30.7. The van der Waals surface area contributed by atoms with Gasteiger partial charge in [0, 0.05) is 33.4 Å². The van der Waals surface area contributed by atoms with Crippen molar-refractivity contribution in [3.05, 3.63) is 184 Å². The molecule has 53 heavy (non-hydrogen) atoms. The molecular weight excluding hydrogens is 647 g/mol. The number of furan rings is 1. The molecule has 1 aromatic heterocycles. The van der Waals surface area contributed by atoms with Gasteiger partial charge < -0.3 is 14.6 Å². The number of allylic oxidation sites excluding steroid dienone is 11. The van der Waals surface area contributed by atoms with E-state index in [9.17, 15) is 0 Å². The van der Waals surface area contributed by atoms with Gasteiger partial charge in [0.25, 0.3) is 0 Å². The van der Waals surface area contributed by atoms with Gasteiger partial charge in [0.05, 0.1) is 17.5 Å². The summed E-state index contributed by atoms with van der Waals surface area (Å²) in [6.45, 7) is 4.84.